The molecule has 33 heavy (non-hydrogen) atoms. The minimum atomic E-state index is -4.60. The molecule has 1 aromatic heterocycles. The predicted molar refractivity (Wildman–Crippen MR) is 110 cm³/mol. The first-order chi connectivity index (χ1) is 15.5. The zero-order valence-corrected chi connectivity index (χ0v) is 17.6. The van der Waals surface area contributed by atoms with E-state index in [1.165, 1.54) is 30.3 Å². The Bertz CT molecular complexity index is 1320. The number of phenolic OH excluding ortho intramolecular Hbond substituents is 1. The van der Waals surface area contributed by atoms with Crippen molar-refractivity contribution >= 4 is 15.7 Å². The van der Waals surface area contributed by atoms with Gasteiger partial charge in [0.15, 0.2) is 5.75 Å². The molecule has 3 aromatic rings. The van der Waals surface area contributed by atoms with Crippen molar-refractivity contribution in [3.05, 3.63) is 76.0 Å². The van der Waals surface area contributed by atoms with Crippen LogP contribution in [0.25, 0.3) is 11.3 Å². The largest absolute Gasteiger partial charge is 0.502 e. The van der Waals surface area contributed by atoms with Gasteiger partial charge in [-0.25, -0.2) is 8.42 Å². The van der Waals surface area contributed by atoms with E-state index in [9.17, 15) is 36.8 Å². The monoisotopic (exact) mass is 482 g/mol. The van der Waals surface area contributed by atoms with Crippen LogP contribution in [0.4, 0.5) is 18.9 Å². The third-order valence-electron chi connectivity index (χ3n) is 5.18. The zero-order valence-electron chi connectivity index (χ0n) is 16.8. The van der Waals surface area contributed by atoms with E-state index in [0.29, 0.717) is 12.8 Å². The summed E-state index contributed by atoms with van der Waals surface area (Å²) in [5.41, 5.74) is -1.81. The number of nitro benzene ring substituents is 1. The van der Waals surface area contributed by atoms with Crippen LogP contribution < -0.4 is 0 Å². The SMILES string of the molecule is O=[N+]([O-])c1cc(S(=O)(=O)N(Cc2ccc(-c3ccccc3C(F)(F)F)o2)C2CC2)ccc1O. The van der Waals surface area contributed by atoms with Crippen molar-refractivity contribution in [1.82, 2.24) is 4.31 Å². The van der Waals surface area contributed by atoms with Gasteiger partial charge in [-0.15, -0.1) is 0 Å². The molecule has 0 spiro atoms. The number of rotatable bonds is 7. The summed E-state index contributed by atoms with van der Waals surface area (Å²) in [7, 11) is -4.22. The highest BCUT2D eigenvalue weighted by molar-refractivity contribution is 7.89. The van der Waals surface area contributed by atoms with Crippen molar-refractivity contribution in [3.63, 3.8) is 0 Å². The van der Waals surface area contributed by atoms with Crippen LogP contribution in [0.2, 0.25) is 0 Å². The summed E-state index contributed by atoms with van der Waals surface area (Å²) in [6.07, 6.45) is -3.48. The number of hydrogen-bond donors (Lipinski definition) is 1. The Labute approximate surface area is 186 Å². The molecule has 0 aliphatic heterocycles. The average Bonchev–Trinajstić information content (AvgIpc) is 3.48. The van der Waals surface area contributed by atoms with E-state index in [0.717, 1.165) is 28.6 Å². The van der Waals surface area contributed by atoms with Crippen LogP contribution in [0.1, 0.15) is 24.2 Å². The lowest BCUT2D eigenvalue weighted by Gasteiger charge is -2.21. The highest BCUT2D eigenvalue weighted by atomic mass is 32.2. The van der Waals surface area contributed by atoms with Crippen LogP contribution >= 0.6 is 0 Å². The molecule has 1 heterocycles. The van der Waals surface area contributed by atoms with E-state index < -0.39 is 38.1 Å². The van der Waals surface area contributed by atoms with E-state index in [-0.39, 0.29) is 34.6 Å². The molecule has 0 radical (unpaired) electrons. The van der Waals surface area contributed by atoms with E-state index in [2.05, 4.69) is 0 Å². The lowest BCUT2D eigenvalue weighted by molar-refractivity contribution is -0.386. The fraction of sp³-hybridized carbons (Fsp3) is 0.238. The molecule has 1 aliphatic carbocycles. The summed E-state index contributed by atoms with van der Waals surface area (Å²) < 4.78 is 73.1. The molecular formula is C21H17F3N2O6S. The number of alkyl halides is 3. The number of furan rings is 1. The molecule has 1 saturated carbocycles. The second-order valence-electron chi connectivity index (χ2n) is 7.50. The molecule has 0 saturated heterocycles. The van der Waals surface area contributed by atoms with Crippen LogP contribution in [-0.2, 0) is 22.7 Å². The summed E-state index contributed by atoms with van der Waals surface area (Å²) in [6, 6.07) is 9.99. The number of phenols is 1. The summed E-state index contributed by atoms with van der Waals surface area (Å²) in [6.45, 7) is -0.268. The van der Waals surface area contributed by atoms with Gasteiger partial charge in [-0.3, -0.25) is 10.1 Å². The van der Waals surface area contributed by atoms with E-state index >= 15 is 0 Å². The van der Waals surface area contributed by atoms with Gasteiger partial charge in [-0.1, -0.05) is 18.2 Å². The van der Waals surface area contributed by atoms with Gasteiger partial charge in [0.2, 0.25) is 10.0 Å². The number of aromatic hydroxyl groups is 1. The normalized spacial score (nSPS) is 14.5. The number of sulfonamides is 1. The van der Waals surface area contributed by atoms with Crippen molar-refractivity contribution < 1.29 is 36.0 Å². The van der Waals surface area contributed by atoms with Gasteiger partial charge in [0.25, 0.3) is 0 Å². The molecule has 0 unspecified atom stereocenters. The summed E-state index contributed by atoms with van der Waals surface area (Å²) in [5, 5.41) is 20.7. The lowest BCUT2D eigenvalue weighted by Crippen LogP contribution is -2.32. The van der Waals surface area contributed by atoms with Crippen molar-refractivity contribution in [2.45, 2.75) is 36.5 Å². The standard InChI is InChI=1S/C21H17F3N2O6S/c22-21(23,24)17-4-2-1-3-16(17)20-10-7-14(32-20)12-25(13-5-6-13)33(30,31)15-8-9-19(27)18(11-15)26(28)29/h1-4,7-11,13,27H,5-6,12H2. The molecule has 174 valence electrons. The second-order valence-corrected chi connectivity index (χ2v) is 9.39. The third kappa shape index (κ3) is 4.57. The predicted octanol–water partition coefficient (Wildman–Crippen LogP) is 4.93. The molecular weight excluding hydrogens is 465 g/mol. The molecule has 12 heteroatoms. The number of hydrogen-bond acceptors (Lipinski definition) is 6. The van der Waals surface area contributed by atoms with Gasteiger partial charge in [0, 0.05) is 17.7 Å². The number of halogens is 3. The Kier molecular flexibility index (Phi) is 5.66. The molecule has 0 bridgehead atoms. The van der Waals surface area contributed by atoms with Gasteiger partial charge >= 0.3 is 11.9 Å². The zero-order chi connectivity index (χ0) is 24.0. The van der Waals surface area contributed by atoms with Crippen LogP contribution in [0.5, 0.6) is 5.75 Å². The topological polar surface area (TPSA) is 114 Å². The maximum atomic E-state index is 13.3. The molecule has 2 aromatic carbocycles. The Hall–Kier alpha value is -3.38. The Morgan fingerprint density at radius 1 is 1.12 bits per heavy atom. The minimum Gasteiger partial charge on any atom is -0.502 e. The molecule has 8 nitrogen and oxygen atoms in total. The highest BCUT2D eigenvalue weighted by Gasteiger charge is 2.40. The quantitative estimate of drug-likeness (QED) is 0.377. The van der Waals surface area contributed by atoms with Gasteiger partial charge in [0.05, 0.1) is 21.9 Å². The Morgan fingerprint density at radius 2 is 1.82 bits per heavy atom. The number of nitrogens with zero attached hydrogens (tertiary/aromatic N) is 2. The van der Waals surface area contributed by atoms with Crippen LogP contribution in [0.3, 0.4) is 0 Å². The Balaban J connectivity index is 1.66. The minimum absolute atomic E-state index is 0.0636. The summed E-state index contributed by atoms with van der Waals surface area (Å²) >= 11 is 0. The molecule has 1 N–H and O–H groups in total. The van der Waals surface area contributed by atoms with Gasteiger partial charge < -0.3 is 9.52 Å². The maximum Gasteiger partial charge on any atom is 0.417 e. The van der Waals surface area contributed by atoms with Gasteiger partial charge in [-0.2, -0.15) is 17.5 Å². The smallest absolute Gasteiger partial charge is 0.417 e. The average molecular weight is 482 g/mol. The second kappa shape index (κ2) is 8.19. The molecule has 1 fully saturated rings. The van der Waals surface area contributed by atoms with Crippen molar-refractivity contribution in [2.24, 2.45) is 0 Å². The van der Waals surface area contributed by atoms with Gasteiger partial charge in [-0.05, 0) is 43.2 Å². The fourth-order valence-corrected chi connectivity index (χ4v) is 5.10. The summed E-state index contributed by atoms with van der Waals surface area (Å²) in [5.74, 6) is -0.618. The Morgan fingerprint density at radius 3 is 2.45 bits per heavy atom. The molecule has 4 rings (SSSR count). The maximum absolute atomic E-state index is 13.3. The molecule has 0 amide bonds. The number of benzene rings is 2. The lowest BCUT2D eigenvalue weighted by atomic mass is 10.1. The van der Waals surface area contributed by atoms with Gasteiger partial charge in [0.1, 0.15) is 11.5 Å². The first kappa shape index (κ1) is 22.8. The van der Waals surface area contributed by atoms with E-state index in [4.69, 9.17) is 4.42 Å². The van der Waals surface area contributed by atoms with Crippen LogP contribution in [0, 0.1) is 10.1 Å². The van der Waals surface area contributed by atoms with Crippen molar-refractivity contribution in [3.8, 4) is 17.1 Å². The highest BCUT2D eigenvalue weighted by Crippen LogP contribution is 2.39. The van der Waals surface area contributed by atoms with Crippen molar-refractivity contribution in [2.75, 3.05) is 0 Å². The fourth-order valence-electron chi connectivity index (χ4n) is 3.42. The van der Waals surface area contributed by atoms with E-state index in [1.54, 1.807) is 0 Å². The first-order valence-corrected chi connectivity index (χ1v) is 11.2. The molecule has 1 aliphatic rings. The van der Waals surface area contributed by atoms with E-state index in [1.807, 2.05) is 0 Å². The van der Waals surface area contributed by atoms with Crippen molar-refractivity contribution in [1.29, 1.82) is 0 Å². The number of nitro groups is 1. The third-order valence-corrected chi connectivity index (χ3v) is 7.07. The summed E-state index contributed by atoms with van der Waals surface area (Å²) in [4.78, 5) is 9.81. The van der Waals surface area contributed by atoms with Crippen LogP contribution in [-0.4, -0.2) is 28.8 Å². The molecule has 0 atom stereocenters. The first-order valence-electron chi connectivity index (χ1n) is 9.73. The van der Waals surface area contributed by atoms with Crippen LogP contribution in [0.15, 0.2) is 63.9 Å².